The largest absolute Gasteiger partial charge is 0.394 e. The number of aliphatic hydroxyl groups is 1. The van der Waals surface area contributed by atoms with Gasteiger partial charge in [-0.25, -0.2) is 9.97 Å². The lowest BCUT2D eigenvalue weighted by molar-refractivity contribution is 0.239. The highest BCUT2D eigenvalue weighted by atomic mass is 16.3. The molecule has 1 fully saturated rings. The highest BCUT2D eigenvalue weighted by molar-refractivity contribution is 5.83. The molecule has 0 radical (unpaired) electrons. The average molecular weight is 454 g/mol. The van der Waals surface area contributed by atoms with Crippen LogP contribution >= 0.6 is 0 Å². The number of fused-ring (bicyclic) bond motifs is 1. The van der Waals surface area contributed by atoms with Crippen LogP contribution in [0.1, 0.15) is 37.4 Å². The van der Waals surface area contributed by atoms with Crippen molar-refractivity contribution in [1.82, 2.24) is 33.9 Å². The second-order valence-corrected chi connectivity index (χ2v) is 8.72. The summed E-state index contributed by atoms with van der Waals surface area (Å²) >= 11 is 0. The molecule has 1 aromatic carbocycles. The summed E-state index contributed by atoms with van der Waals surface area (Å²) in [5.41, 5.74) is 2.42. The molecular formula is C25H23N7O2. The molecule has 1 aliphatic rings. The van der Waals surface area contributed by atoms with Crippen molar-refractivity contribution in [2.24, 2.45) is 0 Å². The predicted molar refractivity (Wildman–Crippen MR) is 127 cm³/mol. The summed E-state index contributed by atoms with van der Waals surface area (Å²) in [6, 6.07) is 13.0. The van der Waals surface area contributed by atoms with Gasteiger partial charge >= 0.3 is 0 Å². The van der Waals surface area contributed by atoms with E-state index >= 15 is 0 Å². The van der Waals surface area contributed by atoms with Gasteiger partial charge in [-0.3, -0.25) is 9.36 Å². The van der Waals surface area contributed by atoms with Crippen LogP contribution in [0.4, 0.5) is 0 Å². The monoisotopic (exact) mass is 453 g/mol. The van der Waals surface area contributed by atoms with Crippen LogP contribution < -0.4 is 5.56 Å². The molecule has 0 bridgehead atoms. The molecule has 1 saturated carbocycles. The lowest BCUT2D eigenvalue weighted by Gasteiger charge is -2.13. The number of aliphatic hydroxyl groups excluding tert-OH is 1. The molecule has 0 saturated heterocycles. The molecule has 5 aromatic rings. The first-order valence-corrected chi connectivity index (χ1v) is 11.3. The first kappa shape index (κ1) is 20.5. The Labute approximate surface area is 195 Å². The van der Waals surface area contributed by atoms with Gasteiger partial charge in [-0.1, -0.05) is 12.1 Å². The molecule has 0 amide bonds. The molecule has 1 N–H and O–H groups in total. The zero-order chi connectivity index (χ0) is 23.2. The van der Waals surface area contributed by atoms with Gasteiger partial charge in [0.15, 0.2) is 5.82 Å². The molecule has 1 aliphatic carbocycles. The first-order valence-electron chi connectivity index (χ1n) is 11.3. The van der Waals surface area contributed by atoms with E-state index in [1.165, 1.54) is 17.4 Å². The topological polar surface area (TPSA) is 104 Å². The van der Waals surface area contributed by atoms with Gasteiger partial charge in [-0.05, 0) is 55.5 Å². The number of rotatable bonds is 6. The molecule has 34 heavy (non-hydrogen) atoms. The van der Waals surface area contributed by atoms with Crippen molar-refractivity contribution in [2.45, 2.75) is 31.7 Å². The summed E-state index contributed by atoms with van der Waals surface area (Å²) < 4.78 is 5.27. The Balaban J connectivity index is 1.41. The van der Waals surface area contributed by atoms with Crippen molar-refractivity contribution >= 4 is 10.8 Å². The smallest absolute Gasteiger partial charge is 0.264 e. The Hall–Kier alpha value is -4.11. The fraction of sp³-hybridized carbons (Fsp3) is 0.240. The van der Waals surface area contributed by atoms with E-state index < -0.39 is 0 Å². The van der Waals surface area contributed by atoms with Gasteiger partial charge in [0.05, 0.1) is 24.7 Å². The lowest BCUT2D eigenvalue weighted by atomic mass is 10.1. The predicted octanol–water partition coefficient (Wildman–Crippen LogP) is 3.26. The Kier molecular flexibility index (Phi) is 4.84. The Morgan fingerprint density at radius 1 is 1.15 bits per heavy atom. The zero-order valence-electron chi connectivity index (χ0n) is 18.6. The summed E-state index contributed by atoms with van der Waals surface area (Å²) in [5, 5.41) is 19.1. The molecule has 0 spiro atoms. The van der Waals surface area contributed by atoms with Crippen LogP contribution in [0.5, 0.6) is 0 Å². The molecule has 6 rings (SSSR count). The van der Waals surface area contributed by atoms with E-state index in [0.29, 0.717) is 28.6 Å². The SMILES string of the molecule is CC(CO)n1cnnc1-c1cccc(-n2ccc3ccc(-n4cnc(C5CC5)c4)cc3c2=O)n1. The highest BCUT2D eigenvalue weighted by Crippen LogP contribution is 2.39. The first-order chi connectivity index (χ1) is 16.6. The van der Waals surface area contributed by atoms with E-state index in [4.69, 9.17) is 0 Å². The van der Waals surface area contributed by atoms with Crippen molar-refractivity contribution in [2.75, 3.05) is 6.61 Å². The summed E-state index contributed by atoms with van der Waals surface area (Å²) in [5.74, 6) is 1.59. The van der Waals surface area contributed by atoms with Crippen LogP contribution in [-0.2, 0) is 0 Å². The van der Waals surface area contributed by atoms with Crippen LogP contribution in [0.25, 0.3) is 33.8 Å². The minimum absolute atomic E-state index is 0.0454. The van der Waals surface area contributed by atoms with Gasteiger partial charge in [0.1, 0.15) is 17.8 Å². The van der Waals surface area contributed by atoms with Gasteiger partial charge in [0.25, 0.3) is 5.56 Å². The number of pyridine rings is 2. The standard InChI is InChI=1S/C25H23N7O2/c1-16(13-33)32-15-27-29-24(32)21-3-2-4-23(28-21)31-10-9-17-7-8-19(11-20(17)25(31)34)30-12-22(26-14-30)18-5-6-18/h2-4,7-12,14-16,18,33H,5-6,13H2,1H3. The maximum absolute atomic E-state index is 13.5. The summed E-state index contributed by atoms with van der Waals surface area (Å²) in [6.45, 7) is 1.83. The number of aromatic nitrogens is 7. The normalized spacial score (nSPS) is 14.5. The fourth-order valence-electron chi connectivity index (χ4n) is 4.16. The highest BCUT2D eigenvalue weighted by Gasteiger charge is 2.25. The number of benzene rings is 1. The molecule has 9 nitrogen and oxygen atoms in total. The van der Waals surface area contributed by atoms with Crippen LogP contribution in [0.2, 0.25) is 0 Å². The van der Waals surface area contributed by atoms with Crippen molar-refractivity contribution in [3.63, 3.8) is 0 Å². The third kappa shape index (κ3) is 3.50. The van der Waals surface area contributed by atoms with E-state index in [1.807, 2.05) is 54.2 Å². The van der Waals surface area contributed by atoms with E-state index in [-0.39, 0.29) is 18.2 Å². The van der Waals surface area contributed by atoms with Crippen LogP contribution in [0.15, 0.2) is 72.3 Å². The van der Waals surface area contributed by atoms with Crippen LogP contribution in [-0.4, -0.2) is 45.6 Å². The second kappa shape index (κ2) is 8.03. The Morgan fingerprint density at radius 3 is 2.85 bits per heavy atom. The van der Waals surface area contributed by atoms with E-state index in [1.54, 1.807) is 23.2 Å². The fourth-order valence-corrected chi connectivity index (χ4v) is 4.16. The van der Waals surface area contributed by atoms with Crippen LogP contribution in [0.3, 0.4) is 0 Å². The number of hydrogen-bond acceptors (Lipinski definition) is 6. The summed E-state index contributed by atoms with van der Waals surface area (Å²) in [6.07, 6.45) is 9.56. The third-order valence-corrected chi connectivity index (χ3v) is 6.31. The molecule has 1 atom stereocenters. The molecular weight excluding hydrogens is 430 g/mol. The van der Waals surface area contributed by atoms with Gasteiger partial charge < -0.3 is 14.2 Å². The molecule has 1 unspecified atom stereocenters. The van der Waals surface area contributed by atoms with Crippen molar-refractivity contribution in [3.05, 3.63) is 83.6 Å². The van der Waals surface area contributed by atoms with Gasteiger partial charge in [0, 0.05) is 29.4 Å². The number of imidazole rings is 1. The minimum atomic E-state index is -0.194. The zero-order valence-corrected chi connectivity index (χ0v) is 18.6. The van der Waals surface area contributed by atoms with Crippen LogP contribution in [0, 0.1) is 0 Å². The number of nitrogens with zero attached hydrogens (tertiary/aromatic N) is 7. The third-order valence-electron chi connectivity index (χ3n) is 6.31. The van der Waals surface area contributed by atoms with Crippen molar-refractivity contribution < 1.29 is 5.11 Å². The van der Waals surface area contributed by atoms with Gasteiger partial charge in [-0.2, -0.15) is 0 Å². The summed E-state index contributed by atoms with van der Waals surface area (Å²) in [7, 11) is 0. The molecule has 4 heterocycles. The maximum atomic E-state index is 13.5. The number of hydrogen-bond donors (Lipinski definition) is 1. The molecule has 170 valence electrons. The quantitative estimate of drug-likeness (QED) is 0.423. The van der Waals surface area contributed by atoms with Gasteiger partial charge in [-0.15, -0.1) is 10.2 Å². The lowest BCUT2D eigenvalue weighted by Crippen LogP contribution is -2.19. The van der Waals surface area contributed by atoms with E-state index in [9.17, 15) is 9.90 Å². The Bertz CT molecular complexity index is 1560. The second-order valence-electron chi connectivity index (χ2n) is 8.72. The molecule has 9 heteroatoms. The molecule has 0 aliphatic heterocycles. The molecule has 4 aromatic heterocycles. The van der Waals surface area contributed by atoms with E-state index in [0.717, 1.165) is 16.8 Å². The Morgan fingerprint density at radius 2 is 2.03 bits per heavy atom. The maximum Gasteiger partial charge on any atom is 0.264 e. The average Bonchev–Trinajstić information content (AvgIpc) is 3.39. The minimum Gasteiger partial charge on any atom is -0.394 e. The van der Waals surface area contributed by atoms with Gasteiger partial charge in [0.2, 0.25) is 0 Å². The summed E-state index contributed by atoms with van der Waals surface area (Å²) in [4.78, 5) is 22.7. The van der Waals surface area contributed by atoms with E-state index in [2.05, 4.69) is 26.4 Å². The van der Waals surface area contributed by atoms with Crippen molar-refractivity contribution in [3.8, 4) is 23.0 Å². The van der Waals surface area contributed by atoms with Crippen molar-refractivity contribution in [1.29, 1.82) is 0 Å².